The van der Waals surface area contributed by atoms with Crippen molar-refractivity contribution in [1.82, 2.24) is 0 Å². The summed E-state index contributed by atoms with van der Waals surface area (Å²) in [6.45, 7) is 4.14. The van der Waals surface area contributed by atoms with E-state index in [0.717, 1.165) is 19.3 Å². The van der Waals surface area contributed by atoms with Crippen molar-refractivity contribution in [2.75, 3.05) is 6.61 Å². The molecular weight excluding hydrogens is 130 g/mol. The van der Waals surface area contributed by atoms with Crippen molar-refractivity contribution >= 4 is 5.97 Å². The van der Waals surface area contributed by atoms with Gasteiger partial charge in [-0.2, -0.15) is 0 Å². The van der Waals surface area contributed by atoms with E-state index >= 15 is 0 Å². The van der Waals surface area contributed by atoms with E-state index in [4.69, 9.17) is 10.00 Å². The molecule has 1 rings (SSSR count). The van der Waals surface area contributed by atoms with Crippen LogP contribution < -0.4 is 0 Å². The molecule has 0 amide bonds. The van der Waals surface area contributed by atoms with E-state index in [1.165, 1.54) is 0 Å². The number of nitriles is 1. The maximum atomic E-state index is 10.5. The van der Waals surface area contributed by atoms with Crippen molar-refractivity contribution in [2.45, 2.75) is 25.7 Å². The fourth-order valence-electron chi connectivity index (χ4n) is 0.806. The molecule has 56 valence electrons. The number of carbonyl (C=O) groups excluding carboxylic acids is 1. The molecule has 0 N–H and O–H groups in total. The topological polar surface area (TPSA) is 50.1 Å². The van der Waals surface area contributed by atoms with Crippen LogP contribution in [0.5, 0.6) is 0 Å². The van der Waals surface area contributed by atoms with Crippen LogP contribution in [0.2, 0.25) is 0 Å². The van der Waals surface area contributed by atoms with Gasteiger partial charge in [-0.1, -0.05) is 0 Å². The normalized spacial score (nSPS) is 17.6. The van der Waals surface area contributed by atoms with E-state index in [1.54, 1.807) is 0 Å². The zero-order valence-electron chi connectivity index (χ0n) is 5.88. The molecule has 0 aromatic heterocycles. The first-order valence-electron chi connectivity index (χ1n) is 3.31. The highest BCUT2D eigenvalue weighted by atomic mass is 16.5. The Morgan fingerprint density at radius 1 is 1.30 bits per heavy atom. The standard InChI is InChI=1S/C6H10O2.CHN/c7-6-4-2-1-3-5-8-6;1-2/h1-5H2;1H. The van der Waals surface area contributed by atoms with Gasteiger partial charge in [0.2, 0.25) is 0 Å². The maximum absolute atomic E-state index is 10.5. The van der Waals surface area contributed by atoms with E-state index in [2.05, 4.69) is 6.57 Å². The van der Waals surface area contributed by atoms with E-state index in [1.807, 2.05) is 0 Å². The van der Waals surface area contributed by atoms with Crippen molar-refractivity contribution in [3.8, 4) is 6.57 Å². The van der Waals surface area contributed by atoms with Crippen LogP contribution in [0.25, 0.3) is 0 Å². The minimum atomic E-state index is -0.0255. The van der Waals surface area contributed by atoms with Crippen molar-refractivity contribution in [2.24, 2.45) is 0 Å². The molecule has 0 bridgehead atoms. The van der Waals surface area contributed by atoms with E-state index in [9.17, 15) is 4.79 Å². The summed E-state index contributed by atoms with van der Waals surface area (Å²) < 4.78 is 4.76. The first-order chi connectivity index (χ1) is 4.89. The van der Waals surface area contributed by atoms with Gasteiger partial charge in [-0.15, -0.1) is 0 Å². The Balaban J connectivity index is 0.000000371. The predicted molar refractivity (Wildman–Crippen MR) is 36.1 cm³/mol. The number of nitrogens with zero attached hydrogens (tertiary/aromatic N) is 1. The molecule has 0 unspecified atom stereocenters. The minimum Gasteiger partial charge on any atom is -0.466 e. The van der Waals surface area contributed by atoms with Gasteiger partial charge < -0.3 is 4.74 Å². The molecule has 3 nitrogen and oxygen atoms in total. The number of hydrogen-bond acceptors (Lipinski definition) is 3. The Bertz CT molecular complexity index is 110. The Morgan fingerprint density at radius 2 is 2.00 bits per heavy atom. The Morgan fingerprint density at radius 3 is 2.70 bits per heavy atom. The lowest BCUT2D eigenvalue weighted by Gasteiger charge is -1.93. The van der Waals surface area contributed by atoms with Crippen LogP contribution in [0.15, 0.2) is 0 Å². The molecule has 1 aliphatic rings. The third kappa shape index (κ3) is 3.90. The summed E-state index contributed by atoms with van der Waals surface area (Å²) in [6.07, 6.45) is 3.83. The van der Waals surface area contributed by atoms with Gasteiger partial charge in [0.05, 0.1) is 6.61 Å². The minimum absolute atomic E-state index is 0.0255. The number of cyclic esters (lactones) is 1. The molecule has 0 aromatic rings. The largest absolute Gasteiger partial charge is 0.466 e. The summed E-state index contributed by atoms with van der Waals surface area (Å²) in [5.41, 5.74) is 0. The molecule has 10 heavy (non-hydrogen) atoms. The summed E-state index contributed by atoms with van der Waals surface area (Å²) in [5.74, 6) is -0.0255. The van der Waals surface area contributed by atoms with Gasteiger partial charge in [-0.25, -0.2) is 5.26 Å². The summed E-state index contributed by atoms with van der Waals surface area (Å²) in [7, 11) is 0. The molecule has 0 aromatic carbocycles. The molecule has 1 fully saturated rings. The SMILES string of the molecule is C#N.O=C1CCCCCO1. The number of esters is 1. The van der Waals surface area contributed by atoms with Crippen LogP contribution in [-0.4, -0.2) is 12.6 Å². The first-order valence-corrected chi connectivity index (χ1v) is 3.31. The average Bonchev–Trinajstić information content (AvgIpc) is 2.21. The van der Waals surface area contributed by atoms with Gasteiger partial charge >= 0.3 is 5.97 Å². The van der Waals surface area contributed by atoms with Crippen LogP contribution in [0.4, 0.5) is 0 Å². The van der Waals surface area contributed by atoms with Gasteiger partial charge in [-0.05, 0) is 19.3 Å². The highest BCUT2D eigenvalue weighted by Crippen LogP contribution is 2.06. The molecule has 1 heterocycles. The van der Waals surface area contributed by atoms with Crippen LogP contribution in [0, 0.1) is 11.8 Å². The molecule has 3 heteroatoms. The van der Waals surface area contributed by atoms with Crippen LogP contribution in [-0.2, 0) is 9.53 Å². The average molecular weight is 141 g/mol. The second-order valence-electron chi connectivity index (χ2n) is 2.03. The molecule has 0 saturated carbocycles. The molecule has 0 atom stereocenters. The Hall–Kier alpha value is -1.04. The van der Waals surface area contributed by atoms with Crippen molar-refractivity contribution in [3.05, 3.63) is 0 Å². The fourth-order valence-corrected chi connectivity index (χ4v) is 0.806. The highest BCUT2D eigenvalue weighted by Gasteiger charge is 2.05. The number of hydrogen-bond donors (Lipinski definition) is 0. The Labute approximate surface area is 60.6 Å². The van der Waals surface area contributed by atoms with E-state index < -0.39 is 0 Å². The van der Waals surface area contributed by atoms with Crippen molar-refractivity contribution < 1.29 is 9.53 Å². The van der Waals surface area contributed by atoms with Gasteiger partial charge in [0.15, 0.2) is 0 Å². The maximum Gasteiger partial charge on any atom is 0.305 e. The zero-order valence-corrected chi connectivity index (χ0v) is 5.88. The van der Waals surface area contributed by atoms with Crippen molar-refractivity contribution in [1.29, 1.82) is 5.26 Å². The number of ether oxygens (including phenoxy) is 1. The summed E-state index contributed by atoms with van der Waals surface area (Å²) in [5, 5.41) is 6.50. The van der Waals surface area contributed by atoms with Gasteiger partial charge in [-0.3, -0.25) is 4.79 Å². The zero-order chi connectivity index (χ0) is 7.82. The fraction of sp³-hybridized carbons (Fsp3) is 0.714. The molecule has 1 aliphatic heterocycles. The van der Waals surface area contributed by atoms with Crippen LogP contribution in [0.3, 0.4) is 0 Å². The monoisotopic (exact) mass is 141 g/mol. The van der Waals surface area contributed by atoms with Crippen molar-refractivity contribution in [3.63, 3.8) is 0 Å². The number of rotatable bonds is 0. The lowest BCUT2D eigenvalue weighted by molar-refractivity contribution is -0.142. The first kappa shape index (κ1) is 8.96. The third-order valence-electron chi connectivity index (χ3n) is 1.29. The second-order valence-corrected chi connectivity index (χ2v) is 2.03. The molecule has 0 radical (unpaired) electrons. The molecule has 0 aliphatic carbocycles. The van der Waals surface area contributed by atoms with E-state index in [-0.39, 0.29) is 5.97 Å². The molecule has 0 spiro atoms. The van der Waals surface area contributed by atoms with E-state index in [0.29, 0.717) is 13.0 Å². The summed E-state index contributed by atoms with van der Waals surface area (Å²) in [6, 6.07) is 0. The summed E-state index contributed by atoms with van der Waals surface area (Å²) >= 11 is 0. The Kier molecular flexibility index (Phi) is 5.45. The quantitative estimate of drug-likeness (QED) is 0.477. The predicted octanol–water partition coefficient (Wildman–Crippen LogP) is 1.24. The smallest absolute Gasteiger partial charge is 0.305 e. The van der Waals surface area contributed by atoms with Gasteiger partial charge in [0, 0.05) is 13.0 Å². The second kappa shape index (κ2) is 6.09. The van der Waals surface area contributed by atoms with Gasteiger partial charge in [0.25, 0.3) is 0 Å². The number of carbonyl (C=O) groups is 1. The van der Waals surface area contributed by atoms with Crippen LogP contribution >= 0.6 is 0 Å². The lowest BCUT2D eigenvalue weighted by atomic mass is 10.2. The van der Waals surface area contributed by atoms with Gasteiger partial charge in [0.1, 0.15) is 0 Å². The highest BCUT2D eigenvalue weighted by molar-refractivity contribution is 5.69. The third-order valence-corrected chi connectivity index (χ3v) is 1.29. The van der Waals surface area contributed by atoms with Crippen LogP contribution in [0.1, 0.15) is 25.7 Å². The molecule has 1 saturated heterocycles. The lowest BCUT2D eigenvalue weighted by Crippen LogP contribution is -2.00. The molecular formula is C7H11NO2. The summed E-state index contributed by atoms with van der Waals surface area (Å²) in [4.78, 5) is 10.5.